The molecular weight excluding hydrogens is 316 g/mol. The van der Waals surface area contributed by atoms with Gasteiger partial charge < -0.3 is 10.1 Å². The molecule has 3 rings (SSSR count). The molecule has 106 valence electrons. The SMILES string of the molecule is CC1(C)CC(Nc2nccc3c(Br)cccc23)CCO1. The van der Waals surface area contributed by atoms with E-state index >= 15 is 0 Å². The number of hydrogen-bond donors (Lipinski definition) is 1. The Balaban J connectivity index is 1.89. The van der Waals surface area contributed by atoms with Crippen molar-refractivity contribution in [3.63, 3.8) is 0 Å². The van der Waals surface area contributed by atoms with E-state index in [9.17, 15) is 0 Å². The van der Waals surface area contributed by atoms with Crippen molar-refractivity contribution in [1.82, 2.24) is 4.98 Å². The average Bonchev–Trinajstić information content (AvgIpc) is 2.39. The molecule has 0 bridgehead atoms. The summed E-state index contributed by atoms with van der Waals surface area (Å²) in [5.74, 6) is 0.964. The molecule has 1 saturated heterocycles. The first kappa shape index (κ1) is 13.8. The number of benzene rings is 1. The molecule has 1 aliphatic rings. The molecule has 0 spiro atoms. The largest absolute Gasteiger partial charge is 0.375 e. The van der Waals surface area contributed by atoms with Gasteiger partial charge in [-0.1, -0.05) is 28.1 Å². The highest BCUT2D eigenvalue weighted by Gasteiger charge is 2.29. The summed E-state index contributed by atoms with van der Waals surface area (Å²) in [6, 6.07) is 8.67. The third kappa shape index (κ3) is 2.81. The molecule has 2 heterocycles. The van der Waals surface area contributed by atoms with Crippen molar-refractivity contribution in [1.29, 1.82) is 0 Å². The average molecular weight is 335 g/mol. The minimum atomic E-state index is -0.0545. The monoisotopic (exact) mass is 334 g/mol. The molecule has 1 aromatic heterocycles. The predicted molar refractivity (Wildman–Crippen MR) is 86.1 cm³/mol. The third-order valence-corrected chi connectivity index (χ3v) is 4.48. The van der Waals surface area contributed by atoms with E-state index in [0.717, 1.165) is 35.1 Å². The zero-order valence-electron chi connectivity index (χ0n) is 11.8. The first-order chi connectivity index (χ1) is 9.55. The quantitative estimate of drug-likeness (QED) is 0.885. The predicted octanol–water partition coefficient (Wildman–Crippen LogP) is 4.37. The number of nitrogens with zero attached hydrogens (tertiary/aromatic N) is 1. The lowest BCUT2D eigenvalue weighted by molar-refractivity contribution is -0.0553. The van der Waals surface area contributed by atoms with Crippen LogP contribution < -0.4 is 5.32 Å². The van der Waals surface area contributed by atoms with Gasteiger partial charge in [-0.3, -0.25) is 0 Å². The molecule has 0 radical (unpaired) electrons. The van der Waals surface area contributed by atoms with E-state index in [2.05, 4.69) is 52.2 Å². The lowest BCUT2D eigenvalue weighted by Crippen LogP contribution is -2.40. The number of rotatable bonds is 2. The maximum absolute atomic E-state index is 5.77. The minimum absolute atomic E-state index is 0.0545. The number of nitrogens with one attached hydrogen (secondary N) is 1. The van der Waals surface area contributed by atoms with Gasteiger partial charge in [0.1, 0.15) is 5.82 Å². The summed E-state index contributed by atoms with van der Waals surface area (Å²) < 4.78 is 6.88. The van der Waals surface area contributed by atoms with Gasteiger partial charge in [0, 0.05) is 34.1 Å². The minimum Gasteiger partial charge on any atom is -0.375 e. The second-order valence-electron chi connectivity index (χ2n) is 5.94. The second kappa shape index (κ2) is 5.34. The number of aromatic nitrogens is 1. The van der Waals surface area contributed by atoms with Crippen LogP contribution in [0.2, 0.25) is 0 Å². The van der Waals surface area contributed by atoms with Gasteiger partial charge >= 0.3 is 0 Å². The van der Waals surface area contributed by atoms with Crippen LogP contribution in [0.4, 0.5) is 5.82 Å². The Morgan fingerprint density at radius 2 is 2.15 bits per heavy atom. The maximum Gasteiger partial charge on any atom is 0.134 e. The Morgan fingerprint density at radius 3 is 2.95 bits per heavy atom. The molecule has 4 heteroatoms. The molecule has 0 saturated carbocycles. The van der Waals surface area contributed by atoms with E-state index in [1.165, 1.54) is 5.39 Å². The smallest absolute Gasteiger partial charge is 0.134 e. The van der Waals surface area contributed by atoms with Crippen LogP contribution in [0.15, 0.2) is 34.9 Å². The van der Waals surface area contributed by atoms with Crippen LogP contribution in [0, 0.1) is 0 Å². The number of halogens is 1. The van der Waals surface area contributed by atoms with Crippen LogP contribution >= 0.6 is 15.9 Å². The van der Waals surface area contributed by atoms with Crippen molar-refractivity contribution in [2.75, 3.05) is 11.9 Å². The van der Waals surface area contributed by atoms with Gasteiger partial charge in [0.05, 0.1) is 5.60 Å². The van der Waals surface area contributed by atoms with E-state index in [1.54, 1.807) is 0 Å². The van der Waals surface area contributed by atoms with Crippen molar-refractivity contribution < 1.29 is 4.74 Å². The van der Waals surface area contributed by atoms with Gasteiger partial charge in [-0.05, 0) is 38.8 Å². The molecule has 1 aliphatic heterocycles. The number of ether oxygens (including phenoxy) is 1. The summed E-state index contributed by atoms with van der Waals surface area (Å²) in [5, 5.41) is 5.94. The van der Waals surface area contributed by atoms with E-state index in [1.807, 2.05) is 18.3 Å². The molecule has 1 unspecified atom stereocenters. The summed E-state index contributed by atoms with van der Waals surface area (Å²) in [6.45, 7) is 5.10. The Labute approximate surface area is 127 Å². The summed E-state index contributed by atoms with van der Waals surface area (Å²) in [4.78, 5) is 4.52. The number of anilines is 1. The van der Waals surface area contributed by atoms with Gasteiger partial charge in [-0.25, -0.2) is 4.98 Å². The first-order valence-corrected chi connectivity index (χ1v) is 7.78. The molecule has 0 amide bonds. The standard InChI is InChI=1S/C16H19BrN2O/c1-16(2)10-11(7-9-20-16)19-15-13-4-3-5-14(17)12(13)6-8-18-15/h3-6,8,11H,7,9-10H2,1-2H3,(H,18,19). The van der Waals surface area contributed by atoms with Crippen LogP contribution in [-0.2, 0) is 4.74 Å². The maximum atomic E-state index is 5.77. The Bertz CT molecular complexity index is 627. The number of fused-ring (bicyclic) bond motifs is 1. The molecule has 1 N–H and O–H groups in total. The van der Waals surface area contributed by atoms with Crippen LogP contribution in [0.25, 0.3) is 10.8 Å². The van der Waals surface area contributed by atoms with Gasteiger partial charge in [0.2, 0.25) is 0 Å². The van der Waals surface area contributed by atoms with Crippen LogP contribution in [0.5, 0.6) is 0 Å². The van der Waals surface area contributed by atoms with Crippen LogP contribution in [-0.4, -0.2) is 23.2 Å². The van der Waals surface area contributed by atoms with E-state index in [0.29, 0.717) is 6.04 Å². The molecule has 2 aromatic rings. The fourth-order valence-corrected chi connectivity index (χ4v) is 3.33. The van der Waals surface area contributed by atoms with Gasteiger partial charge in [0.15, 0.2) is 0 Å². The highest BCUT2D eigenvalue weighted by molar-refractivity contribution is 9.10. The van der Waals surface area contributed by atoms with E-state index in [-0.39, 0.29) is 5.60 Å². The molecule has 20 heavy (non-hydrogen) atoms. The first-order valence-electron chi connectivity index (χ1n) is 6.99. The fourth-order valence-electron chi connectivity index (χ4n) is 2.83. The molecule has 3 nitrogen and oxygen atoms in total. The fraction of sp³-hybridized carbons (Fsp3) is 0.438. The highest BCUT2D eigenvalue weighted by Crippen LogP contribution is 2.30. The summed E-state index contributed by atoms with van der Waals surface area (Å²) in [7, 11) is 0. The van der Waals surface area contributed by atoms with Crippen molar-refractivity contribution in [2.24, 2.45) is 0 Å². The topological polar surface area (TPSA) is 34.2 Å². The Hall–Kier alpha value is -1.13. The van der Waals surface area contributed by atoms with Crippen molar-refractivity contribution in [3.05, 3.63) is 34.9 Å². The Morgan fingerprint density at radius 1 is 1.30 bits per heavy atom. The van der Waals surface area contributed by atoms with Crippen molar-refractivity contribution in [2.45, 2.75) is 38.3 Å². The molecule has 1 aromatic carbocycles. The summed E-state index contributed by atoms with van der Waals surface area (Å²) >= 11 is 3.60. The van der Waals surface area contributed by atoms with Crippen LogP contribution in [0.3, 0.4) is 0 Å². The second-order valence-corrected chi connectivity index (χ2v) is 6.79. The number of hydrogen-bond acceptors (Lipinski definition) is 3. The molecular formula is C16H19BrN2O. The van der Waals surface area contributed by atoms with Crippen LogP contribution in [0.1, 0.15) is 26.7 Å². The lowest BCUT2D eigenvalue weighted by atomic mass is 9.94. The van der Waals surface area contributed by atoms with E-state index < -0.39 is 0 Å². The highest BCUT2D eigenvalue weighted by atomic mass is 79.9. The van der Waals surface area contributed by atoms with Crippen molar-refractivity contribution >= 4 is 32.5 Å². The van der Waals surface area contributed by atoms with Crippen molar-refractivity contribution in [3.8, 4) is 0 Å². The zero-order valence-corrected chi connectivity index (χ0v) is 13.4. The van der Waals surface area contributed by atoms with Gasteiger partial charge in [-0.15, -0.1) is 0 Å². The van der Waals surface area contributed by atoms with E-state index in [4.69, 9.17) is 4.74 Å². The Kier molecular flexibility index (Phi) is 3.69. The molecule has 0 aliphatic carbocycles. The number of pyridine rings is 1. The lowest BCUT2D eigenvalue weighted by Gasteiger charge is -2.36. The molecule has 1 atom stereocenters. The zero-order chi connectivity index (χ0) is 14.2. The molecule has 1 fully saturated rings. The summed E-state index contributed by atoms with van der Waals surface area (Å²) in [6.07, 6.45) is 3.88. The summed E-state index contributed by atoms with van der Waals surface area (Å²) in [5.41, 5.74) is -0.0545. The third-order valence-electron chi connectivity index (χ3n) is 3.79. The van der Waals surface area contributed by atoms with Gasteiger partial charge in [-0.2, -0.15) is 0 Å². The normalized spacial score (nSPS) is 21.9. The van der Waals surface area contributed by atoms with Gasteiger partial charge in [0.25, 0.3) is 0 Å².